The van der Waals surface area contributed by atoms with Crippen LogP contribution in [0.15, 0.2) is 53.9 Å². The molecule has 1 heterocycles. The van der Waals surface area contributed by atoms with Crippen molar-refractivity contribution in [1.29, 1.82) is 0 Å². The Morgan fingerprint density at radius 1 is 1.07 bits per heavy atom. The van der Waals surface area contributed by atoms with Gasteiger partial charge in [0, 0.05) is 16.8 Å². The van der Waals surface area contributed by atoms with Crippen molar-refractivity contribution in [3.63, 3.8) is 0 Å². The molecule has 0 spiro atoms. The number of hydrogen-bond acceptors (Lipinski definition) is 5. The Labute approximate surface area is 166 Å². The van der Waals surface area contributed by atoms with Gasteiger partial charge in [-0.25, -0.2) is 0 Å². The molecule has 0 saturated heterocycles. The van der Waals surface area contributed by atoms with E-state index in [0.29, 0.717) is 16.5 Å². The molecule has 1 aromatic heterocycles. The maximum absolute atomic E-state index is 12.0. The molecule has 4 rings (SSSR count). The number of nitrogens with zero attached hydrogens (tertiary/aromatic N) is 2. The molecule has 6 nitrogen and oxygen atoms in total. The lowest BCUT2D eigenvalue weighted by Crippen LogP contribution is -2.31. The first-order valence-corrected chi connectivity index (χ1v) is 9.77. The molecule has 8 heteroatoms. The zero-order chi connectivity index (χ0) is 18.6. The topological polar surface area (TPSA) is 78.9 Å². The molecular formula is C19H17N5OS2. The van der Waals surface area contributed by atoms with E-state index in [-0.39, 0.29) is 11.9 Å². The molecule has 27 heavy (non-hydrogen) atoms. The first-order valence-electron chi connectivity index (χ1n) is 8.53. The van der Waals surface area contributed by atoms with Gasteiger partial charge in [0.05, 0.1) is 6.04 Å². The monoisotopic (exact) mass is 395 g/mol. The van der Waals surface area contributed by atoms with Gasteiger partial charge in [0.25, 0.3) is 5.91 Å². The molecule has 3 N–H and O–H groups in total. The van der Waals surface area contributed by atoms with Crippen molar-refractivity contribution in [2.24, 2.45) is 0 Å². The summed E-state index contributed by atoms with van der Waals surface area (Å²) in [4.78, 5) is 12.0. The normalized spacial score (nSPS) is 15.0. The number of carbonyl (C=O) groups is 1. The van der Waals surface area contributed by atoms with Crippen LogP contribution in [-0.2, 0) is 6.42 Å². The number of carbonyl (C=O) groups excluding carboxylic acids is 1. The van der Waals surface area contributed by atoms with E-state index in [9.17, 15) is 4.79 Å². The highest BCUT2D eigenvalue weighted by Gasteiger charge is 2.22. The van der Waals surface area contributed by atoms with Crippen molar-refractivity contribution in [3.8, 4) is 0 Å². The molecule has 136 valence electrons. The first-order chi connectivity index (χ1) is 13.2. The molecule has 0 aliphatic heterocycles. The summed E-state index contributed by atoms with van der Waals surface area (Å²) in [6.07, 6.45) is 2.11. The smallest absolute Gasteiger partial charge is 0.277 e. The number of aryl methyl sites for hydroxylation is 1. The summed E-state index contributed by atoms with van der Waals surface area (Å²) in [5.41, 5.74) is 4.54. The average molecular weight is 396 g/mol. The maximum atomic E-state index is 12.0. The lowest BCUT2D eigenvalue weighted by atomic mass is 10.1. The second kappa shape index (κ2) is 7.81. The number of benzene rings is 2. The summed E-state index contributed by atoms with van der Waals surface area (Å²) in [5.74, 6) is -0.276. The molecule has 3 aromatic rings. The molecule has 0 fully saturated rings. The fraction of sp³-hybridized carbons (Fsp3) is 0.158. The zero-order valence-electron chi connectivity index (χ0n) is 14.3. The lowest BCUT2D eigenvalue weighted by Gasteiger charge is -2.17. The highest BCUT2D eigenvalue weighted by Crippen LogP contribution is 2.30. The number of hydrogen-bond donors (Lipinski definition) is 3. The Kier molecular flexibility index (Phi) is 5.08. The molecule has 0 radical (unpaired) electrons. The van der Waals surface area contributed by atoms with Crippen LogP contribution in [0.1, 0.15) is 34.1 Å². The van der Waals surface area contributed by atoms with Crippen molar-refractivity contribution in [2.75, 3.05) is 10.6 Å². The molecule has 0 saturated carbocycles. The fourth-order valence-electron chi connectivity index (χ4n) is 3.13. The van der Waals surface area contributed by atoms with Gasteiger partial charge < -0.3 is 16.0 Å². The number of nitrogens with one attached hydrogen (secondary N) is 3. The van der Waals surface area contributed by atoms with Crippen molar-refractivity contribution in [3.05, 3.63) is 70.7 Å². The van der Waals surface area contributed by atoms with Gasteiger partial charge in [-0.1, -0.05) is 28.8 Å². The Bertz CT molecular complexity index is 956. The van der Waals surface area contributed by atoms with Crippen LogP contribution in [-0.4, -0.2) is 20.6 Å². The van der Waals surface area contributed by atoms with E-state index in [4.69, 9.17) is 12.2 Å². The predicted octanol–water partition coefficient (Wildman–Crippen LogP) is 3.76. The van der Waals surface area contributed by atoms with Gasteiger partial charge in [-0.2, -0.15) is 0 Å². The van der Waals surface area contributed by atoms with Crippen LogP contribution in [0.3, 0.4) is 0 Å². The minimum absolute atomic E-state index is 0.242. The van der Waals surface area contributed by atoms with E-state index in [0.717, 1.165) is 30.1 Å². The van der Waals surface area contributed by atoms with Crippen molar-refractivity contribution < 1.29 is 4.79 Å². The molecule has 1 aliphatic rings. The van der Waals surface area contributed by atoms with Gasteiger partial charge in [0.1, 0.15) is 0 Å². The number of aromatic nitrogens is 2. The van der Waals surface area contributed by atoms with E-state index in [1.54, 1.807) is 5.38 Å². The Hall–Kier alpha value is -2.84. The largest absolute Gasteiger partial charge is 0.356 e. The Balaban J connectivity index is 1.33. The predicted molar refractivity (Wildman–Crippen MR) is 111 cm³/mol. The van der Waals surface area contributed by atoms with Crippen molar-refractivity contribution >= 4 is 46.1 Å². The van der Waals surface area contributed by atoms with Crippen LogP contribution in [0, 0.1) is 0 Å². The van der Waals surface area contributed by atoms with Crippen molar-refractivity contribution in [2.45, 2.75) is 18.9 Å². The van der Waals surface area contributed by atoms with E-state index < -0.39 is 0 Å². The van der Waals surface area contributed by atoms with Crippen LogP contribution in [0.25, 0.3) is 0 Å². The second-order valence-electron chi connectivity index (χ2n) is 6.21. The number of rotatable bonds is 4. The minimum Gasteiger partial charge on any atom is -0.356 e. The van der Waals surface area contributed by atoms with Gasteiger partial charge >= 0.3 is 0 Å². The maximum Gasteiger partial charge on any atom is 0.277 e. The van der Waals surface area contributed by atoms with Crippen LogP contribution >= 0.6 is 23.8 Å². The van der Waals surface area contributed by atoms with Gasteiger partial charge in [0.15, 0.2) is 10.8 Å². The van der Waals surface area contributed by atoms with E-state index in [2.05, 4.69) is 49.8 Å². The molecule has 1 unspecified atom stereocenters. The van der Waals surface area contributed by atoms with E-state index in [1.165, 1.54) is 11.1 Å². The van der Waals surface area contributed by atoms with Gasteiger partial charge in [-0.3, -0.25) is 4.79 Å². The summed E-state index contributed by atoms with van der Waals surface area (Å²) in [5, 5.41) is 15.3. The summed E-state index contributed by atoms with van der Waals surface area (Å²) in [7, 11) is 0. The number of amides is 1. The Morgan fingerprint density at radius 2 is 1.81 bits per heavy atom. The van der Waals surface area contributed by atoms with Crippen LogP contribution < -0.4 is 16.0 Å². The molecular weight excluding hydrogens is 378 g/mol. The average Bonchev–Trinajstić information content (AvgIpc) is 3.34. The third-order valence-electron chi connectivity index (χ3n) is 4.43. The summed E-state index contributed by atoms with van der Waals surface area (Å²) in [6, 6.07) is 16.1. The fourth-order valence-corrected chi connectivity index (χ4v) is 3.82. The summed E-state index contributed by atoms with van der Waals surface area (Å²) < 4.78 is 3.69. The molecule has 0 bridgehead atoms. The standard InChI is InChI=1S/C19H17N5OS2/c25-18(17-11-27-24-23-17)20-13-6-8-14(9-7-13)21-19(26)22-16-10-5-12-3-1-2-4-15(12)16/h1-4,6-9,11,16H,5,10H2,(H,20,25)(H2,21,22,26). The molecule has 1 aliphatic carbocycles. The molecule has 1 atom stereocenters. The second-order valence-corrected chi connectivity index (χ2v) is 7.23. The van der Waals surface area contributed by atoms with Crippen LogP contribution in [0.2, 0.25) is 0 Å². The molecule has 1 amide bonds. The van der Waals surface area contributed by atoms with Gasteiger partial charge in [-0.05, 0) is 72.0 Å². The number of fused-ring (bicyclic) bond motifs is 1. The Morgan fingerprint density at radius 3 is 2.56 bits per heavy atom. The number of thiocarbonyl (C=S) groups is 1. The van der Waals surface area contributed by atoms with Crippen LogP contribution in [0.5, 0.6) is 0 Å². The minimum atomic E-state index is -0.276. The third kappa shape index (κ3) is 4.12. The van der Waals surface area contributed by atoms with E-state index >= 15 is 0 Å². The zero-order valence-corrected chi connectivity index (χ0v) is 15.9. The highest BCUT2D eigenvalue weighted by molar-refractivity contribution is 7.80. The highest BCUT2D eigenvalue weighted by atomic mass is 32.1. The van der Waals surface area contributed by atoms with Crippen molar-refractivity contribution in [1.82, 2.24) is 14.9 Å². The van der Waals surface area contributed by atoms with E-state index in [1.807, 2.05) is 24.3 Å². The quantitative estimate of drug-likeness (QED) is 0.584. The SMILES string of the molecule is O=C(Nc1ccc(NC(=S)NC2CCc3ccccc32)cc1)c1csnn1. The first kappa shape index (κ1) is 17.6. The number of anilines is 2. The van der Waals surface area contributed by atoms with Gasteiger partial charge in [-0.15, -0.1) is 5.10 Å². The van der Waals surface area contributed by atoms with Gasteiger partial charge in [0.2, 0.25) is 0 Å². The molecule has 2 aromatic carbocycles. The summed E-state index contributed by atoms with van der Waals surface area (Å²) in [6.45, 7) is 0. The van der Waals surface area contributed by atoms with Crippen LogP contribution in [0.4, 0.5) is 11.4 Å². The lowest BCUT2D eigenvalue weighted by molar-refractivity contribution is 0.102. The summed E-state index contributed by atoms with van der Waals surface area (Å²) >= 11 is 6.60. The third-order valence-corrected chi connectivity index (χ3v) is 5.16.